The predicted molar refractivity (Wildman–Crippen MR) is 131 cm³/mol. The van der Waals surface area contributed by atoms with Crippen molar-refractivity contribution >= 4 is 32.4 Å². The van der Waals surface area contributed by atoms with Gasteiger partial charge >= 0.3 is 5.66 Å². The van der Waals surface area contributed by atoms with E-state index in [9.17, 15) is 25.4 Å². The molecule has 1 fully saturated rings. The van der Waals surface area contributed by atoms with Crippen molar-refractivity contribution in [1.29, 1.82) is 0 Å². The summed E-state index contributed by atoms with van der Waals surface area (Å²) in [4.78, 5) is 23.0. The Labute approximate surface area is 204 Å². The van der Waals surface area contributed by atoms with Crippen molar-refractivity contribution in [1.82, 2.24) is 4.90 Å². The van der Waals surface area contributed by atoms with Gasteiger partial charge < -0.3 is 5.21 Å². The highest BCUT2D eigenvalue weighted by Crippen LogP contribution is 2.31. The molecule has 9 nitrogen and oxygen atoms in total. The summed E-state index contributed by atoms with van der Waals surface area (Å²) >= 11 is 3.46. The highest BCUT2D eigenvalue weighted by atomic mass is 79.9. The van der Waals surface area contributed by atoms with Crippen LogP contribution in [-0.4, -0.2) is 50.5 Å². The zero-order valence-corrected chi connectivity index (χ0v) is 19.8. The van der Waals surface area contributed by atoms with Gasteiger partial charge in [0.2, 0.25) is 0 Å². The van der Waals surface area contributed by atoms with Gasteiger partial charge in [-0.3, -0.25) is 25.1 Å². The van der Waals surface area contributed by atoms with Crippen LogP contribution in [0.3, 0.4) is 0 Å². The Morgan fingerprint density at radius 3 is 2.32 bits per heavy atom. The minimum atomic E-state index is -2.18. The lowest BCUT2D eigenvalue weighted by Crippen LogP contribution is -2.72. The van der Waals surface area contributed by atoms with Crippen LogP contribution in [0.25, 0.3) is 10.8 Å². The summed E-state index contributed by atoms with van der Waals surface area (Å²) in [5.74, 6) is 0. The van der Waals surface area contributed by atoms with Crippen molar-refractivity contribution < 1.29 is 15.1 Å². The van der Waals surface area contributed by atoms with Crippen LogP contribution in [-0.2, 0) is 6.42 Å². The number of rotatable bonds is 9. The summed E-state index contributed by atoms with van der Waals surface area (Å²) in [6, 6.07) is 21.1. The lowest BCUT2D eigenvalue weighted by atomic mass is 9.90. The van der Waals surface area contributed by atoms with E-state index in [-0.39, 0.29) is 19.1 Å². The molecule has 10 heteroatoms. The van der Waals surface area contributed by atoms with Gasteiger partial charge in [-0.1, -0.05) is 69.6 Å². The summed E-state index contributed by atoms with van der Waals surface area (Å²) < 4.78 is 0.961. The average Bonchev–Trinajstić information content (AvgIpc) is 2.79. The normalized spacial score (nSPS) is 16.7. The molecule has 3 aromatic carbocycles. The summed E-state index contributed by atoms with van der Waals surface area (Å²) in [5, 5.41) is 38.2. The number of fused-ring (bicyclic) bond motifs is 1. The van der Waals surface area contributed by atoms with Crippen molar-refractivity contribution in [2.24, 2.45) is 5.16 Å². The lowest BCUT2D eigenvalue weighted by Gasteiger charge is -2.41. The van der Waals surface area contributed by atoms with E-state index < -0.39 is 15.5 Å². The molecule has 0 amide bonds. The maximum absolute atomic E-state index is 11.4. The van der Waals surface area contributed by atoms with Crippen molar-refractivity contribution in [3.63, 3.8) is 0 Å². The Morgan fingerprint density at radius 1 is 1.03 bits per heavy atom. The average molecular weight is 527 g/mol. The molecule has 0 bridgehead atoms. The molecule has 0 aliphatic carbocycles. The number of aryl methyl sites for hydroxylation is 1. The molecule has 0 unspecified atom stereocenters. The summed E-state index contributed by atoms with van der Waals surface area (Å²) in [6.07, 6.45) is 1.60. The van der Waals surface area contributed by atoms with Crippen molar-refractivity contribution in [2.45, 2.75) is 31.0 Å². The third kappa shape index (κ3) is 4.78. The molecule has 0 radical (unpaired) electrons. The van der Waals surface area contributed by atoms with Crippen LogP contribution < -0.4 is 0 Å². The van der Waals surface area contributed by atoms with E-state index in [4.69, 9.17) is 0 Å². The molecular formula is C24H23BrN4O5. The fourth-order valence-electron chi connectivity index (χ4n) is 4.39. The van der Waals surface area contributed by atoms with Crippen molar-refractivity contribution in [3.8, 4) is 0 Å². The van der Waals surface area contributed by atoms with Crippen LogP contribution in [0.5, 0.6) is 0 Å². The summed E-state index contributed by atoms with van der Waals surface area (Å²) in [6.45, 7) is -0.562. The monoisotopic (exact) mass is 526 g/mol. The molecule has 3 aromatic rings. The first-order chi connectivity index (χ1) is 16.3. The van der Waals surface area contributed by atoms with Crippen LogP contribution in [0, 0.1) is 20.2 Å². The van der Waals surface area contributed by atoms with Gasteiger partial charge in [0, 0.05) is 16.9 Å². The van der Waals surface area contributed by atoms with Crippen molar-refractivity contribution in [3.05, 3.63) is 103 Å². The number of benzene rings is 3. The lowest BCUT2D eigenvalue weighted by molar-refractivity contribution is -0.811. The molecule has 0 aromatic heterocycles. The molecule has 1 heterocycles. The summed E-state index contributed by atoms with van der Waals surface area (Å²) in [5.41, 5.74) is 0.0827. The predicted octanol–water partition coefficient (Wildman–Crippen LogP) is 4.74. The van der Waals surface area contributed by atoms with E-state index in [0.29, 0.717) is 25.0 Å². The van der Waals surface area contributed by atoms with E-state index in [2.05, 4.69) is 21.1 Å². The van der Waals surface area contributed by atoms with E-state index in [1.165, 1.54) is 0 Å². The minimum Gasteiger partial charge on any atom is -0.411 e. The van der Waals surface area contributed by atoms with Crippen molar-refractivity contribution in [2.75, 3.05) is 13.1 Å². The maximum atomic E-state index is 11.4. The summed E-state index contributed by atoms with van der Waals surface area (Å²) in [7, 11) is 0. The van der Waals surface area contributed by atoms with Crippen LogP contribution in [0.1, 0.15) is 24.0 Å². The second kappa shape index (κ2) is 9.86. The molecule has 1 aliphatic heterocycles. The van der Waals surface area contributed by atoms with Gasteiger partial charge in [0.25, 0.3) is 0 Å². The number of hydrogen-bond donors (Lipinski definition) is 1. The van der Waals surface area contributed by atoms with Crippen LogP contribution in [0.2, 0.25) is 0 Å². The highest BCUT2D eigenvalue weighted by molar-refractivity contribution is 9.10. The van der Waals surface area contributed by atoms with Gasteiger partial charge in [-0.15, -0.1) is 0 Å². The van der Waals surface area contributed by atoms with Gasteiger partial charge in [-0.05, 0) is 52.9 Å². The first-order valence-corrected chi connectivity index (χ1v) is 11.6. The molecule has 1 saturated heterocycles. The van der Waals surface area contributed by atoms with Gasteiger partial charge in [-0.2, -0.15) is 0 Å². The van der Waals surface area contributed by atoms with E-state index in [0.717, 1.165) is 26.4 Å². The first kappa shape index (κ1) is 23.8. The van der Waals surface area contributed by atoms with E-state index in [1.54, 1.807) is 4.90 Å². The van der Waals surface area contributed by atoms with Gasteiger partial charge in [0.1, 0.15) is 22.9 Å². The molecule has 34 heavy (non-hydrogen) atoms. The van der Waals surface area contributed by atoms with Gasteiger partial charge in [0.15, 0.2) is 0 Å². The molecule has 4 rings (SSSR count). The molecular weight excluding hydrogens is 504 g/mol. The number of halogens is 1. The standard InChI is InChI=1S/C24H23BrN4O5/c25-21-10-9-18-12-20(8-7-19(18)13-21)23(26-30)14-22(11-6-17-4-2-1-3-5-17)27-15-24(16-27,28(31)32)29(33)34/h1-5,7-10,12-13,22,30H,6,11,14-16H2/b26-23+/t22-/m1/s1. The third-order valence-electron chi connectivity index (χ3n) is 6.40. The zero-order valence-electron chi connectivity index (χ0n) is 18.2. The third-order valence-corrected chi connectivity index (χ3v) is 6.90. The zero-order chi connectivity index (χ0) is 24.3. The Morgan fingerprint density at radius 2 is 1.68 bits per heavy atom. The maximum Gasteiger partial charge on any atom is 0.482 e. The number of nitro groups is 2. The quantitative estimate of drug-likeness (QED) is 0.141. The van der Waals surface area contributed by atoms with Crippen LogP contribution in [0.15, 0.2) is 76.4 Å². The number of hydrogen-bond acceptors (Lipinski definition) is 7. The fourth-order valence-corrected chi connectivity index (χ4v) is 4.77. The number of nitrogens with zero attached hydrogens (tertiary/aromatic N) is 4. The van der Waals surface area contributed by atoms with Gasteiger partial charge in [0.05, 0.1) is 5.71 Å². The molecule has 1 N–H and O–H groups in total. The highest BCUT2D eigenvalue weighted by Gasteiger charge is 2.67. The topological polar surface area (TPSA) is 122 Å². The second-order valence-electron chi connectivity index (χ2n) is 8.54. The number of oxime groups is 1. The van der Waals surface area contributed by atoms with Crippen LogP contribution >= 0.6 is 15.9 Å². The molecule has 0 saturated carbocycles. The SMILES string of the molecule is O=[N+]([O-])C1([N+](=O)[O-])CN([C@H](CCc2ccccc2)C/C(=N\O)c2ccc3cc(Br)ccc3c2)C1. The van der Waals surface area contributed by atoms with Gasteiger partial charge in [-0.25, -0.2) is 0 Å². The molecule has 1 aliphatic rings. The Hall–Kier alpha value is -3.37. The first-order valence-electron chi connectivity index (χ1n) is 10.8. The molecule has 0 spiro atoms. The minimum absolute atomic E-state index is 0.264. The largest absolute Gasteiger partial charge is 0.482 e. The molecule has 176 valence electrons. The van der Waals surface area contributed by atoms with E-state index in [1.807, 2.05) is 66.7 Å². The number of likely N-dealkylation sites (tertiary alicyclic amines) is 1. The fraction of sp³-hybridized carbons (Fsp3) is 0.292. The Bertz CT molecular complexity index is 1230. The smallest absolute Gasteiger partial charge is 0.411 e. The van der Waals surface area contributed by atoms with Crippen LogP contribution in [0.4, 0.5) is 0 Å². The van der Waals surface area contributed by atoms with E-state index >= 15 is 0 Å². The second-order valence-corrected chi connectivity index (χ2v) is 9.45. The Balaban J connectivity index is 1.57. The molecule has 1 atom stereocenters. The Kier molecular flexibility index (Phi) is 6.90.